The summed E-state index contributed by atoms with van der Waals surface area (Å²) in [5.74, 6) is 1.74. The van der Waals surface area contributed by atoms with Crippen LogP contribution in [0.1, 0.15) is 13.8 Å². The van der Waals surface area contributed by atoms with E-state index in [-0.39, 0.29) is 11.8 Å². The zero-order valence-electron chi connectivity index (χ0n) is 11.5. The Morgan fingerprint density at radius 1 is 1.22 bits per heavy atom. The molecule has 0 heterocycles. The van der Waals surface area contributed by atoms with E-state index in [1.807, 2.05) is 38.1 Å². The van der Waals surface area contributed by atoms with Gasteiger partial charge in [0.15, 0.2) is 0 Å². The number of benzene rings is 1. The zero-order valence-corrected chi connectivity index (χ0v) is 11.5. The highest BCUT2D eigenvalue weighted by Gasteiger charge is 2.12. The first-order valence-electron chi connectivity index (χ1n) is 6.06. The molecule has 1 aromatic rings. The first-order chi connectivity index (χ1) is 8.54. The van der Waals surface area contributed by atoms with Gasteiger partial charge in [0.2, 0.25) is 5.91 Å². The Morgan fingerprint density at radius 3 is 2.28 bits per heavy atom. The second-order valence-corrected chi connectivity index (χ2v) is 4.44. The van der Waals surface area contributed by atoms with Gasteiger partial charge in [0, 0.05) is 13.0 Å². The van der Waals surface area contributed by atoms with Gasteiger partial charge >= 0.3 is 0 Å². The molecule has 0 radical (unpaired) electrons. The fraction of sp³-hybridized carbons (Fsp3) is 0.500. The first kappa shape index (κ1) is 14.4. The van der Waals surface area contributed by atoms with Crippen molar-refractivity contribution < 1.29 is 14.3 Å². The van der Waals surface area contributed by atoms with E-state index in [0.29, 0.717) is 13.2 Å². The number of carbonyl (C=O) groups excluding carboxylic acids is 1. The lowest BCUT2D eigenvalue weighted by atomic mass is 10.2. The van der Waals surface area contributed by atoms with Crippen LogP contribution in [-0.2, 0) is 4.79 Å². The molecule has 0 atom stereocenters. The standard InChI is InChI=1S/C14H21NO3/c1-11(2)14(16)15(3)9-10-18-13-7-5-12(17-4)6-8-13/h5-8,11H,9-10H2,1-4H3. The van der Waals surface area contributed by atoms with E-state index in [9.17, 15) is 4.79 Å². The van der Waals surface area contributed by atoms with Crippen LogP contribution in [0.3, 0.4) is 0 Å². The average Bonchev–Trinajstić information content (AvgIpc) is 2.38. The predicted molar refractivity (Wildman–Crippen MR) is 71.0 cm³/mol. The SMILES string of the molecule is COc1ccc(OCCN(C)C(=O)C(C)C)cc1. The Balaban J connectivity index is 2.34. The maximum Gasteiger partial charge on any atom is 0.224 e. The van der Waals surface area contributed by atoms with Crippen LogP contribution >= 0.6 is 0 Å². The molecule has 18 heavy (non-hydrogen) atoms. The van der Waals surface area contributed by atoms with Gasteiger partial charge in [0.1, 0.15) is 18.1 Å². The summed E-state index contributed by atoms with van der Waals surface area (Å²) in [7, 11) is 3.42. The number of methoxy groups -OCH3 is 1. The summed E-state index contributed by atoms with van der Waals surface area (Å²) in [5.41, 5.74) is 0. The molecule has 0 unspecified atom stereocenters. The van der Waals surface area contributed by atoms with E-state index in [1.54, 1.807) is 19.1 Å². The Hall–Kier alpha value is -1.71. The summed E-state index contributed by atoms with van der Waals surface area (Å²) in [6.45, 7) is 4.86. The van der Waals surface area contributed by atoms with Gasteiger partial charge in [-0.1, -0.05) is 13.8 Å². The van der Waals surface area contributed by atoms with Gasteiger partial charge in [0.25, 0.3) is 0 Å². The molecule has 0 aliphatic carbocycles. The predicted octanol–water partition coefficient (Wildman–Crippen LogP) is 2.19. The number of amides is 1. The summed E-state index contributed by atoms with van der Waals surface area (Å²) >= 11 is 0. The quantitative estimate of drug-likeness (QED) is 0.778. The maximum absolute atomic E-state index is 11.6. The third kappa shape index (κ3) is 4.28. The summed E-state index contributed by atoms with van der Waals surface area (Å²) in [5, 5.41) is 0. The molecule has 4 heteroatoms. The van der Waals surface area contributed by atoms with Crippen molar-refractivity contribution in [3.8, 4) is 11.5 Å². The van der Waals surface area contributed by atoms with Crippen LogP contribution in [0.25, 0.3) is 0 Å². The number of ether oxygens (including phenoxy) is 2. The van der Waals surface area contributed by atoms with E-state index < -0.39 is 0 Å². The molecule has 1 rings (SSSR count). The average molecular weight is 251 g/mol. The van der Waals surface area contributed by atoms with Gasteiger partial charge in [-0.05, 0) is 24.3 Å². The molecule has 0 aliphatic heterocycles. The van der Waals surface area contributed by atoms with E-state index >= 15 is 0 Å². The molecule has 0 aliphatic rings. The monoisotopic (exact) mass is 251 g/mol. The fourth-order valence-corrected chi connectivity index (χ4v) is 1.52. The van der Waals surface area contributed by atoms with Gasteiger partial charge in [-0.25, -0.2) is 0 Å². The van der Waals surface area contributed by atoms with Crippen molar-refractivity contribution in [2.24, 2.45) is 5.92 Å². The maximum atomic E-state index is 11.6. The molecule has 0 aromatic heterocycles. The Kier molecular flexibility index (Phi) is 5.49. The highest BCUT2D eigenvalue weighted by Crippen LogP contribution is 2.16. The molecule has 0 spiro atoms. The van der Waals surface area contributed by atoms with E-state index in [2.05, 4.69) is 0 Å². The molecule has 1 amide bonds. The van der Waals surface area contributed by atoms with Gasteiger partial charge in [-0.3, -0.25) is 4.79 Å². The normalized spacial score (nSPS) is 10.3. The molecule has 0 fully saturated rings. The van der Waals surface area contributed by atoms with E-state index in [4.69, 9.17) is 9.47 Å². The van der Waals surface area contributed by atoms with Crippen LogP contribution in [-0.4, -0.2) is 38.1 Å². The first-order valence-corrected chi connectivity index (χ1v) is 6.06. The summed E-state index contributed by atoms with van der Waals surface area (Å²) in [6, 6.07) is 7.39. The molecular weight excluding hydrogens is 230 g/mol. The Labute approximate surface area is 108 Å². The van der Waals surface area contributed by atoms with Gasteiger partial charge in [-0.15, -0.1) is 0 Å². The largest absolute Gasteiger partial charge is 0.497 e. The minimum Gasteiger partial charge on any atom is -0.497 e. The molecular formula is C14H21NO3. The molecule has 0 bridgehead atoms. The van der Waals surface area contributed by atoms with Gasteiger partial charge in [-0.2, -0.15) is 0 Å². The van der Waals surface area contributed by atoms with Crippen LogP contribution in [0.4, 0.5) is 0 Å². The number of carbonyl (C=O) groups is 1. The second-order valence-electron chi connectivity index (χ2n) is 4.44. The second kappa shape index (κ2) is 6.89. The third-order valence-electron chi connectivity index (χ3n) is 2.62. The number of likely N-dealkylation sites (N-methyl/N-ethyl adjacent to an activating group) is 1. The van der Waals surface area contributed by atoms with Crippen molar-refractivity contribution >= 4 is 5.91 Å². The molecule has 0 N–H and O–H groups in total. The zero-order chi connectivity index (χ0) is 13.5. The number of hydrogen-bond acceptors (Lipinski definition) is 3. The van der Waals surface area contributed by atoms with Crippen molar-refractivity contribution in [3.05, 3.63) is 24.3 Å². The molecule has 1 aromatic carbocycles. The molecule has 0 saturated carbocycles. The van der Waals surface area contributed by atoms with E-state index in [0.717, 1.165) is 11.5 Å². The van der Waals surface area contributed by atoms with Crippen molar-refractivity contribution in [1.29, 1.82) is 0 Å². The third-order valence-corrected chi connectivity index (χ3v) is 2.62. The van der Waals surface area contributed by atoms with Crippen LogP contribution < -0.4 is 9.47 Å². The number of nitrogens with zero attached hydrogens (tertiary/aromatic N) is 1. The van der Waals surface area contributed by atoms with Crippen LogP contribution in [0.5, 0.6) is 11.5 Å². The smallest absolute Gasteiger partial charge is 0.224 e. The Bertz CT molecular complexity index is 373. The lowest BCUT2D eigenvalue weighted by molar-refractivity contribution is -0.133. The van der Waals surface area contributed by atoms with E-state index in [1.165, 1.54) is 0 Å². The molecule has 0 saturated heterocycles. The number of hydrogen-bond donors (Lipinski definition) is 0. The highest BCUT2D eigenvalue weighted by molar-refractivity contribution is 5.77. The van der Waals surface area contributed by atoms with Crippen molar-refractivity contribution in [2.45, 2.75) is 13.8 Å². The lowest BCUT2D eigenvalue weighted by Crippen LogP contribution is -2.33. The fourth-order valence-electron chi connectivity index (χ4n) is 1.52. The lowest BCUT2D eigenvalue weighted by Gasteiger charge is -2.19. The summed E-state index contributed by atoms with van der Waals surface area (Å²) in [4.78, 5) is 13.3. The summed E-state index contributed by atoms with van der Waals surface area (Å²) in [6.07, 6.45) is 0. The molecule has 100 valence electrons. The summed E-state index contributed by atoms with van der Waals surface area (Å²) < 4.78 is 10.6. The van der Waals surface area contributed by atoms with Crippen molar-refractivity contribution in [3.63, 3.8) is 0 Å². The van der Waals surface area contributed by atoms with Crippen LogP contribution in [0, 0.1) is 5.92 Å². The Morgan fingerprint density at radius 2 is 1.78 bits per heavy atom. The molecule has 4 nitrogen and oxygen atoms in total. The highest BCUT2D eigenvalue weighted by atomic mass is 16.5. The van der Waals surface area contributed by atoms with Gasteiger partial charge in [0.05, 0.1) is 13.7 Å². The number of rotatable bonds is 6. The van der Waals surface area contributed by atoms with Crippen LogP contribution in [0.15, 0.2) is 24.3 Å². The van der Waals surface area contributed by atoms with Crippen LogP contribution in [0.2, 0.25) is 0 Å². The van der Waals surface area contributed by atoms with Gasteiger partial charge < -0.3 is 14.4 Å². The topological polar surface area (TPSA) is 38.8 Å². The van der Waals surface area contributed by atoms with Crippen molar-refractivity contribution in [1.82, 2.24) is 4.90 Å². The minimum absolute atomic E-state index is 0.0241. The van der Waals surface area contributed by atoms with Crippen molar-refractivity contribution in [2.75, 3.05) is 27.3 Å². The minimum atomic E-state index is 0.0241.